The van der Waals surface area contributed by atoms with Crippen LogP contribution in [0.2, 0.25) is 0 Å². The highest BCUT2D eigenvalue weighted by atomic mass is 16.5. The predicted molar refractivity (Wildman–Crippen MR) is 148 cm³/mol. The van der Waals surface area contributed by atoms with Crippen molar-refractivity contribution in [3.8, 4) is 17.2 Å². The van der Waals surface area contributed by atoms with Gasteiger partial charge in [-0.3, -0.25) is 4.79 Å². The molecule has 0 spiro atoms. The van der Waals surface area contributed by atoms with Gasteiger partial charge in [-0.1, -0.05) is 30.3 Å². The lowest BCUT2D eigenvalue weighted by atomic mass is 9.99. The average molecular weight is 514 g/mol. The van der Waals surface area contributed by atoms with E-state index < -0.39 is 11.6 Å². The summed E-state index contributed by atoms with van der Waals surface area (Å²) in [5, 5.41) is 0. The molecule has 0 unspecified atom stereocenters. The van der Waals surface area contributed by atoms with Crippen molar-refractivity contribution in [2.45, 2.75) is 26.0 Å². The van der Waals surface area contributed by atoms with Crippen molar-refractivity contribution in [3.05, 3.63) is 95.1 Å². The van der Waals surface area contributed by atoms with Crippen LogP contribution < -0.4 is 19.1 Å². The zero-order valence-electron chi connectivity index (χ0n) is 22.2. The van der Waals surface area contributed by atoms with E-state index in [2.05, 4.69) is 0 Å². The molecule has 196 valence electrons. The fourth-order valence-electron chi connectivity index (χ4n) is 4.16. The van der Waals surface area contributed by atoms with E-state index in [0.29, 0.717) is 28.5 Å². The van der Waals surface area contributed by atoms with Crippen LogP contribution in [0.4, 0.5) is 5.69 Å². The zero-order valence-corrected chi connectivity index (χ0v) is 22.2. The molecule has 0 aromatic heterocycles. The molecule has 7 nitrogen and oxygen atoms in total. The van der Waals surface area contributed by atoms with Gasteiger partial charge < -0.3 is 23.8 Å². The lowest BCUT2D eigenvalue weighted by Gasteiger charge is -2.31. The molecule has 1 heterocycles. The van der Waals surface area contributed by atoms with Crippen molar-refractivity contribution in [3.63, 3.8) is 0 Å². The van der Waals surface area contributed by atoms with Crippen LogP contribution in [0.3, 0.4) is 0 Å². The van der Waals surface area contributed by atoms with Gasteiger partial charge in [0, 0.05) is 28.5 Å². The van der Waals surface area contributed by atoms with Gasteiger partial charge >= 0.3 is 5.97 Å². The summed E-state index contributed by atoms with van der Waals surface area (Å²) < 4.78 is 22.0. The summed E-state index contributed by atoms with van der Waals surface area (Å²) in [6.45, 7) is 4.18. The Balaban J connectivity index is 1.77. The standard InChI is InChI=1S/C31H31NO6/c1-31(2)18-17-22-10-11-24(28(37-5)29(22)38-31)20-32(30(34)23-12-14-26(35-3)15-13-23)25-8-6-7-21(19-25)9-16-27(33)36-4/h6-19H,20H2,1-5H3. The highest BCUT2D eigenvalue weighted by molar-refractivity contribution is 6.06. The molecule has 0 saturated heterocycles. The number of hydrogen-bond donors (Lipinski definition) is 0. The second-order valence-electron chi connectivity index (χ2n) is 9.29. The minimum absolute atomic E-state index is 0.206. The van der Waals surface area contributed by atoms with Crippen molar-refractivity contribution in [1.82, 2.24) is 0 Å². The van der Waals surface area contributed by atoms with Crippen LogP contribution >= 0.6 is 0 Å². The molecule has 1 amide bonds. The molecule has 0 bridgehead atoms. The number of hydrogen-bond acceptors (Lipinski definition) is 6. The number of carbonyl (C=O) groups excluding carboxylic acids is 2. The monoisotopic (exact) mass is 513 g/mol. The topological polar surface area (TPSA) is 74.3 Å². The van der Waals surface area contributed by atoms with Crippen LogP contribution in [0.15, 0.2) is 72.8 Å². The van der Waals surface area contributed by atoms with Gasteiger partial charge in [0.1, 0.15) is 11.4 Å². The number of rotatable bonds is 8. The molecule has 0 aliphatic carbocycles. The first-order chi connectivity index (χ1) is 18.2. The van der Waals surface area contributed by atoms with E-state index in [1.807, 2.05) is 62.4 Å². The number of carbonyl (C=O) groups is 2. The first kappa shape index (κ1) is 26.5. The highest BCUT2D eigenvalue weighted by Crippen LogP contribution is 2.42. The Hall–Kier alpha value is -4.52. The maximum absolute atomic E-state index is 13.9. The van der Waals surface area contributed by atoms with Crippen LogP contribution in [-0.2, 0) is 16.1 Å². The largest absolute Gasteiger partial charge is 0.497 e. The van der Waals surface area contributed by atoms with Gasteiger partial charge in [0.25, 0.3) is 5.91 Å². The van der Waals surface area contributed by atoms with Crippen molar-refractivity contribution in [2.75, 3.05) is 26.2 Å². The quantitative estimate of drug-likeness (QED) is 0.275. The third-order valence-electron chi connectivity index (χ3n) is 6.16. The maximum atomic E-state index is 13.9. The second kappa shape index (κ2) is 11.3. The van der Waals surface area contributed by atoms with Crippen LogP contribution in [0.5, 0.6) is 17.2 Å². The molecule has 7 heteroatoms. The number of nitrogens with zero attached hydrogens (tertiary/aromatic N) is 1. The van der Waals surface area contributed by atoms with Gasteiger partial charge in [-0.2, -0.15) is 0 Å². The maximum Gasteiger partial charge on any atom is 0.330 e. The molecule has 0 saturated carbocycles. The van der Waals surface area contributed by atoms with Crippen molar-refractivity contribution >= 4 is 29.7 Å². The first-order valence-electron chi connectivity index (χ1n) is 12.1. The number of amides is 1. The summed E-state index contributed by atoms with van der Waals surface area (Å²) in [7, 11) is 4.50. The molecule has 1 aliphatic rings. The van der Waals surface area contributed by atoms with Gasteiger partial charge in [-0.15, -0.1) is 0 Å². The Morgan fingerprint density at radius 3 is 2.42 bits per heavy atom. The lowest BCUT2D eigenvalue weighted by Crippen LogP contribution is -2.31. The third-order valence-corrected chi connectivity index (χ3v) is 6.16. The van der Waals surface area contributed by atoms with Crippen molar-refractivity contribution in [1.29, 1.82) is 0 Å². The van der Waals surface area contributed by atoms with E-state index in [1.54, 1.807) is 49.5 Å². The predicted octanol–water partition coefficient (Wildman–Crippen LogP) is 5.92. The first-order valence-corrected chi connectivity index (χ1v) is 12.1. The summed E-state index contributed by atoms with van der Waals surface area (Å²) in [4.78, 5) is 27.2. The van der Waals surface area contributed by atoms with E-state index in [1.165, 1.54) is 13.2 Å². The Labute approximate surface area is 222 Å². The van der Waals surface area contributed by atoms with Crippen LogP contribution in [-0.4, -0.2) is 38.8 Å². The van der Waals surface area contributed by atoms with Crippen molar-refractivity contribution in [2.24, 2.45) is 0 Å². The summed E-state index contributed by atoms with van der Waals surface area (Å²) >= 11 is 0. The average Bonchev–Trinajstić information content (AvgIpc) is 2.93. The summed E-state index contributed by atoms with van der Waals surface area (Å²) in [5.74, 6) is 1.21. The zero-order chi connectivity index (χ0) is 27.3. The van der Waals surface area contributed by atoms with Gasteiger partial charge in [0.15, 0.2) is 11.5 Å². The van der Waals surface area contributed by atoms with Gasteiger partial charge in [0.2, 0.25) is 0 Å². The second-order valence-corrected chi connectivity index (χ2v) is 9.29. The molecule has 1 aliphatic heterocycles. The summed E-state index contributed by atoms with van der Waals surface area (Å²) in [6, 6.07) is 18.3. The molecule has 0 atom stereocenters. The summed E-state index contributed by atoms with van der Waals surface area (Å²) in [5.41, 5.74) is 3.10. The molecule has 4 rings (SSSR count). The molecule has 0 fully saturated rings. The molecular weight excluding hydrogens is 482 g/mol. The third kappa shape index (κ3) is 5.89. The van der Waals surface area contributed by atoms with Gasteiger partial charge in [0.05, 0.1) is 27.9 Å². The molecular formula is C31H31NO6. The van der Waals surface area contributed by atoms with Crippen LogP contribution in [0.1, 0.15) is 40.9 Å². The Kier molecular flexibility index (Phi) is 7.86. The molecule has 3 aromatic carbocycles. The Morgan fingerprint density at radius 2 is 1.74 bits per heavy atom. The molecule has 3 aromatic rings. The number of fused-ring (bicyclic) bond motifs is 1. The SMILES string of the molecule is COC(=O)C=Cc1cccc(N(Cc2ccc3c(c2OC)OC(C)(C)C=C3)C(=O)c2ccc(OC)cc2)c1. The number of anilines is 1. The lowest BCUT2D eigenvalue weighted by molar-refractivity contribution is -0.134. The highest BCUT2D eigenvalue weighted by Gasteiger charge is 2.28. The fraction of sp³-hybridized carbons (Fsp3) is 0.226. The van der Waals surface area contributed by atoms with E-state index in [-0.39, 0.29) is 12.5 Å². The minimum atomic E-state index is -0.488. The van der Waals surface area contributed by atoms with Gasteiger partial charge in [-0.25, -0.2) is 4.79 Å². The van der Waals surface area contributed by atoms with E-state index in [4.69, 9.17) is 18.9 Å². The Morgan fingerprint density at radius 1 is 0.974 bits per heavy atom. The van der Waals surface area contributed by atoms with E-state index >= 15 is 0 Å². The fourth-order valence-corrected chi connectivity index (χ4v) is 4.16. The molecule has 38 heavy (non-hydrogen) atoms. The van der Waals surface area contributed by atoms with E-state index in [9.17, 15) is 9.59 Å². The number of ether oxygens (including phenoxy) is 4. The smallest absolute Gasteiger partial charge is 0.330 e. The Bertz CT molecular complexity index is 1390. The number of benzene rings is 3. The molecule has 0 N–H and O–H groups in total. The number of methoxy groups -OCH3 is 3. The van der Waals surface area contributed by atoms with Crippen LogP contribution in [0, 0.1) is 0 Å². The summed E-state index contributed by atoms with van der Waals surface area (Å²) in [6.07, 6.45) is 7.00. The van der Waals surface area contributed by atoms with Crippen molar-refractivity contribution < 1.29 is 28.5 Å². The minimum Gasteiger partial charge on any atom is -0.497 e. The number of esters is 1. The molecule has 0 radical (unpaired) electrons. The van der Waals surface area contributed by atoms with Gasteiger partial charge in [-0.05, 0) is 68.0 Å². The van der Waals surface area contributed by atoms with E-state index in [0.717, 1.165) is 16.7 Å². The van der Waals surface area contributed by atoms with Crippen LogP contribution in [0.25, 0.3) is 12.2 Å². The normalized spacial score (nSPS) is 13.4.